The highest BCUT2D eigenvalue weighted by molar-refractivity contribution is 5.76. The van der Waals surface area contributed by atoms with E-state index in [2.05, 4.69) is 10.2 Å². The summed E-state index contributed by atoms with van der Waals surface area (Å²) in [6.45, 7) is 4.93. The van der Waals surface area contributed by atoms with Gasteiger partial charge in [-0.1, -0.05) is 0 Å². The molecule has 96 valence electrons. The molecule has 3 aliphatic rings. The van der Waals surface area contributed by atoms with Crippen LogP contribution in [0.1, 0.15) is 32.1 Å². The molecule has 4 nitrogen and oxygen atoms in total. The van der Waals surface area contributed by atoms with Gasteiger partial charge >= 0.3 is 0 Å². The Morgan fingerprint density at radius 3 is 2.35 bits per heavy atom. The second-order valence-corrected chi connectivity index (χ2v) is 5.63. The number of nitrogens with one attached hydrogen (secondary N) is 1. The second-order valence-electron chi connectivity index (χ2n) is 5.63. The third kappa shape index (κ3) is 3.19. The summed E-state index contributed by atoms with van der Waals surface area (Å²) in [5.74, 6) is 0.341. The predicted molar refractivity (Wildman–Crippen MR) is 66.8 cm³/mol. The first kappa shape index (κ1) is 11.5. The van der Waals surface area contributed by atoms with Crippen molar-refractivity contribution in [3.05, 3.63) is 0 Å². The zero-order valence-electron chi connectivity index (χ0n) is 10.5. The second kappa shape index (κ2) is 4.94. The van der Waals surface area contributed by atoms with E-state index >= 15 is 0 Å². The Morgan fingerprint density at radius 1 is 1.06 bits per heavy atom. The lowest BCUT2D eigenvalue weighted by molar-refractivity contribution is -0.132. The minimum absolute atomic E-state index is 0.341. The van der Waals surface area contributed by atoms with Crippen LogP contribution in [0.25, 0.3) is 0 Å². The van der Waals surface area contributed by atoms with Gasteiger partial charge in [0.2, 0.25) is 5.91 Å². The van der Waals surface area contributed by atoms with Crippen LogP contribution in [0.15, 0.2) is 0 Å². The molecule has 1 amide bonds. The Hall–Kier alpha value is -0.610. The maximum absolute atomic E-state index is 12.0. The summed E-state index contributed by atoms with van der Waals surface area (Å²) in [5, 5.41) is 3.41. The Balaban J connectivity index is 1.34. The smallest absolute Gasteiger partial charge is 0.223 e. The fourth-order valence-corrected chi connectivity index (χ4v) is 2.60. The van der Waals surface area contributed by atoms with Crippen LogP contribution in [0.3, 0.4) is 0 Å². The number of hydrogen-bond acceptors (Lipinski definition) is 3. The van der Waals surface area contributed by atoms with Gasteiger partial charge < -0.3 is 10.2 Å². The van der Waals surface area contributed by atoms with Gasteiger partial charge in [-0.2, -0.15) is 0 Å². The van der Waals surface area contributed by atoms with Gasteiger partial charge in [0, 0.05) is 51.2 Å². The lowest BCUT2D eigenvalue weighted by atomic mass is 10.2. The Labute approximate surface area is 103 Å². The van der Waals surface area contributed by atoms with Crippen LogP contribution in [0.5, 0.6) is 0 Å². The highest BCUT2D eigenvalue weighted by Crippen LogP contribution is 2.27. The quantitative estimate of drug-likeness (QED) is 0.753. The first-order valence-corrected chi connectivity index (χ1v) is 7.08. The minimum Gasteiger partial charge on any atom is -0.340 e. The van der Waals surface area contributed by atoms with Gasteiger partial charge in [-0.05, 0) is 25.7 Å². The van der Waals surface area contributed by atoms with E-state index in [1.165, 1.54) is 25.7 Å². The number of carbonyl (C=O) groups excluding carboxylic acids is 1. The SMILES string of the molecule is O=C(CCNC1CC1)N1CCN(C2CC2)CC1. The van der Waals surface area contributed by atoms with Gasteiger partial charge in [0.1, 0.15) is 0 Å². The molecule has 0 atom stereocenters. The van der Waals surface area contributed by atoms with E-state index < -0.39 is 0 Å². The first-order valence-electron chi connectivity index (χ1n) is 7.08. The lowest BCUT2D eigenvalue weighted by Crippen LogP contribution is -2.49. The molecule has 1 saturated heterocycles. The van der Waals surface area contributed by atoms with Crippen molar-refractivity contribution in [3.8, 4) is 0 Å². The van der Waals surface area contributed by atoms with E-state index in [9.17, 15) is 4.79 Å². The van der Waals surface area contributed by atoms with E-state index in [0.717, 1.165) is 44.8 Å². The first-order chi connectivity index (χ1) is 8.33. The van der Waals surface area contributed by atoms with Crippen molar-refractivity contribution >= 4 is 5.91 Å². The molecule has 0 aromatic carbocycles. The van der Waals surface area contributed by atoms with Crippen LogP contribution in [0.2, 0.25) is 0 Å². The number of hydrogen-bond donors (Lipinski definition) is 1. The summed E-state index contributed by atoms with van der Waals surface area (Å²) < 4.78 is 0. The summed E-state index contributed by atoms with van der Waals surface area (Å²) in [7, 11) is 0. The van der Waals surface area contributed by atoms with Crippen molar-refractivity contribution in [2.45, 2.75) is 44.2 Å². The molecule has 0 aromatic rings. The van der Waals surface area contributed by atoms with Crippen LogP contribution in [0.4, 0.5) is 0 Å². The Bertz CT molecular complexity index is 278. The van der Waals surface area contributed by atoms with Crippen LogP contribution in [-0.2, 0) is 4.79 Å². The molecule has 0 radical (unpaired) electrons. The van der Waals surface area contributed by atoms with Crippen LogP contribution in [0, 0.1) is 0 Å². The summed E-state index contributed by atoms with van der Waals surface area (Å²) in [4.78, 5) is 16.6. The van der Waals surface area contributed by atoms with Gasteiger partial charge in [-0.3, -0.25) is 9.69 Å². The normalized spacial score (nSPS) is 26.2. The number of piperazine rings is 1. The standard InChI is InChI=1S/C13H23N3O/c17-13(5-6-14-11-1-2-11)16-9-7-15(8-10-16)12-3-4-12/h11-12,14H,1-10H2. The van der Waals surface area contributed by atoms with E-state index in [1.807, 2.05) is 4.90 Å². The number of rotatable bonds is 5. The highest BCUT2D eigenvalue weighted by Gasteiger charge is 2.32. The molecule has 0 spiro atoms. The molecule has 1 heterocycles. The molecule has 1 aliphatic heterocycles. The Morgan fingerprint density at radius 2 is 1.76 bits per heavy atom. The molecule has 0 aromatic heterocycles. The zero-order valence-corrected chi connectivity index (χ0v) is 10.5. The summed E-state index contributed by atoms with van der Waals surface area (Å²) in [5.41, 5.74) is 0. The Kier molecular flexibility index (Phi) is 3.34. The third-order valence-corrected chi connectivity index (χ3v) is 4.08. The van der Waals surface area contributed by atoms with Crippen molar-refractivity contribution in [1.29, 1.82) is 0 Å². The average Bonchev–Trinajstić information content (AvgIpc) is 3.22. The van der Waals surface area contributed by atoms with E-state index in [4.69, 9.17) is 0 Å². The van der Waals surface area contributed by atoms with Crippen LogP contribution >= 0.6 is 0 Å². The molecule has 17 heavy (non-hydrogen) atoms. The molecule has 1 N–H and O–H groups in total. The summed E-state index contributed by atoms with van der Waals surface area (Å²) in [6.07, 6.45) is 6.03. The molecule has 0 unspecified atom stereocenters. The van der Waals surface area contributed by atoms with Crippen molar-refractivity contribution in [2.75, 3.05) is 32.7 Å². The predicted octanol–water partition coefficient (Wildman–Crippen LogP) is 0.435. The van der Waals surface area contributed by atoms with Crippen molar-refractivity contribution in [1.82, 2.24) is 15.1 Å². The monoisotopic (exact) mass is 237 g/mol. The van der Waals surface area contributed by atoms with E-state index in [0.29, 0.717) is 12.3 Å². The van der Waals surface area contributed by atoms with Gasteiger partial charge in [0.25, 0.3) is 0 Å². The molecule has 3 rings (SSSR count). The molecule has 2 aliphatic carbocycles. The lowest BCUT2D eigenvalue weighted by Gasteiger charge is -2.34. The fraction of sp³-hybridized carbons (Fsp3) is 0.923. The van der Waals surface area contributed by atoms with Crippen molar-refractivity contribution in [3.63, 3.8) is 0 Å². The van der Waals surface area contributed by atoms with Crippen molar-refractivity contribution in [2.24, 2.45) is 0 Å². The highest BCUT2D eigenvalue weighted by atomic mass is 16.2. The molecule has 4 heteroatoms. The largest absolute Gasteiger partial charge is 0.340 e. The van der Waals surface area contributed by atoms with E-state index in [-0.39, 0.29) is 0 Å². The topological polar surface area (TPSA) is 35.6 Å². The molecule has 3 fully saturated rings. The average molecular weight is 237 g/mol. The maximum Gasteiger partial charge on any atom is 0.223 e. The number of amides is 1. The summed E-state index contributed by atoms with van der Waals surface area (Å²) >= 11 is 0. The number of nitrogens with zero attached hydrogens (tertiary/aromatic N) is 2. The molecular weight excluding hydrogens is 214 g/mol. The van der Waals surface area contributed by atoms with E-state index in [1.54, 1.807) is 0 Å². The fourth-order valence-electron chi connectivity index (χ4n) is 2.60. The van der Waals surface area contributed by atoms with Gasteiger partial charge in [-0.25, -0.2) is 0 Å². The van der Waals surface area contributed by atoms with Gasteiger partial charge in [0.15, 0.2) is 0 Å². The third-order valence-electron chi connectivity index (χ3n) is 4.08. The van der Waals surface area contributed by atoms with Crippen molar-refractivity contribution < 1.29 is 4.79 Å². The minimum atomic E-state index is 0.341. The zero-order chi connectivity index (χ0) is 11.7. The van der Waals surface area contributed by atoms with Crippen LogP contribution < -0.4 is 5.32 Å². The molecule has 0 bridgehead atoms. The number of carbonyl (C=O) groups is 1. The maximum atomic E-state index is 12.0. The summed E-state index contributed by atoms with van der Waals surface area (Å²) in [6, 6.07) is 1.57. The van der Waals surface area contributed by atoms with Crippen LogP contribution in [-0.4, -0.2) is 60.5 Å². The molecule has 2 saturated carbocycles. The molecular formula is C13H23N3O. The van der Waals surface area contributed by atoms with Gasteiger partial charge in [0.05, 0.1) is 0 Å². The van der Waals surface area contributed by atoms with Gasteiger partial charge in [-0.15, -0.1) is 0 Å².